The van der Waals surface area contributed by atoms with Crippen LogP contribution < -0.4 is 5.32 Å². The maximum absolute atomic E-state index is 13.7. The highest BCUT2D eigenvalue weighted by molar-refractivity contribution is 5.94. The van der Waals surface area contributed by atoms with E-state index in [0.29, 0.717) is 48.7 Å². The molecule has 0 saturated carbocycles. The molecule has 1 saturated heterocycles. The van der Waals surface area contributed by atoms with Crippen molar-refractivity contribution >= 4 is 22.8 Å². The van der Waals surface area contributed by atoms with Gasteiger partial charge in [-0.25, -0.2) is 24.1 Å². The molecule has 0 radical (unpaired) electrons. The maximum atomic E-state index is 13.7. The number of carbonyl (C=O) groups excluding carboxylic acids is 1. The number of nitriles is 1. The minimum absolute atomic E-state index is 0.237. The number of amides is 2. The summed E-state index contributed by atoms with van der Waals surface area (Å²) in [7, 11) is 0. The molecule has 35 heavy (non-hydrogen) atoms. The molecule has 1 aliphatic rings. The Morgan fingerprint density at radius 2 is 1.83 bits per heavy atom. The Bertz CT molecular complexity index is 1460. The van der Waals surface area contributed by atoms with Gasteiger partial charge < -0.3 is 9.64 Å². The second kappa shape index (κ2) is 9.44. The lowest BCUT2D eigenvalue weighted by Gasteiger charge is -2.27. The molecule has 9 heteroatoms. The van der Waals surface area contributed by atoms with E-state index in [1.54, 1.807) is 23.1 Å². The Kier molecular flexibility index (Phi) is 6.04. The summed E-state index contributed by atoms with van der Waals surface area (Å²) >= 11 is 0. The number of benzene rings is 2. The quantitative estimate of drug-likeness (QED) is 0.473. The van der Waals surface area contributed by atoms with Crippen molar-refractivity contribution in [2.24, 2.45) is 0 Å². The minimum atomic E-state index is -0.383. The molecular weight excluding hydrogens is 447 g/mol. The second-order valence-corrected chi connectivity index (χ2v) is 8.12. The van der Waals surface area contributed by atoms with Crippen molar-refractivity contribution in [3.05, 3.63) is 71.9 Å². The van der Waals surface area contributed by atoms with E-state index in [1.165, 1.54) is 18.5 Å². The van der Waals surface area contributed by atoms with Crippen LogP contribution in [-0.2, 0) is 4.74 Å². The molecule has 2 amide bonds. The number of nitrogens with one attached hydrogen (secondary N) is 1. The molecule has 0 atom stereocenters. The number of urea groups is 1. The largest absolute Gasteiger partial charge is 0.378 e. The van der Waals surface area contributed by atoms with Crippen molar-refractivity contribution < 1.29 is 13.9 Å². The van der Waals surface area contributed by atoms with Crippen LogP contribution in [0.3, 0.4) is 0 Å². The number of hydrogen-bond acceptors (Lipinski definition) is 6. The van der Waals surface area contributed by atoms with Gasteiger partial charge in [-0.05, 0) is 55.0 Å². The van der Waals surface area contributed by atoms with Crippen LogP contribution >= 0.6 is 0 Å². The number of ether oxygens (including phenoxy) is 1. The molecule has 1 N–H and O–H groups in total. The first kappa shape index (κ1) is 22.4. The number of carbonyl (C=O) groups is 1. The van der Waals surface area contributed by atoms with Gasteiger partial charge in [0.05, 0.1) is 36.1 Å². The Balaban J connectivity index is 1.65. The number of hydrogen-bond donors (Lipinski definition) is 1. The number of morpholine rings is 1. The average Bonchev–Trinajstić information content (AvgIpc) is 2.89. The van der Waals surface area contributed by atoms with Gasteiger partial charge in [0.1, 0.15) is 18.0 Å². The minimum Gasteiger partial charge on any atom is -0.378 e. The summed E-state index contributed by atoms with van der Waals surface area (Å²) in [5.74, 6) is -0.146. The van der Waals surface area contributed by atoms with Gasteiger partial charge >= 0.3 is 6.03 Å². The standard InChI is InChI=1S/C26H21FN6O2/c1-16-21-12-18(4-7-22(21)30-15-29-16)24-19(14-28)13-23(32-26(34)33-8-10-35-11-9-33)31-25(24)17-2-5-20(27)6-3-17/h2-7,12-13,15H,8-11H2,1H3,(H,31,32,34). The van der Waals surface area contributed by atoms with E-state index >= 15 is 0 Å². The van der Waals surface area contributed by atoms with Crippen LogP contribution in [0.5, 0.6) is 0 Å². The summed E-state index contributed by atoms with van der Waals surface area (Å²) in [5.41, 5.74) is 4.30. The monoisotopic (exact) mass is 468 g/mol. The van der Waals surface area contributed by atoms with Gasteiger partial charge in [-0.3, -0.25) is 5.32 Å². The predicted octanol–water partition coefficient (Wildman–Crippen LogP) is 4.54. The molecule has 0 unspecified atom stereocenters. The molecular formula is C26H21FN6O2. The molecule has 8 nitrogen and oxygen atoms in total. The lowest BCUT2D eigenvalue weighted by atomic mass is 9.94. The third-order valence-electron chi connectivity index (χ3n) is 5.91. The first-order chi connectivity index (χ1) is 17.0. The fourth-order valence-corrected chi connectivity index (χ4v) is 4.10. The van der Waals surface area contributed by atoms with Crippen molar-refractivity contribution in [3.63, 3.8) is 0 Å². The van der Waals surface area contributed by atoms with E-state index in [1.807, 2.05) is 25.1 Å². The molecule has 2 aromatic carbocycles. The van der Waals surface area contributed by atoms with E-state index in [4.69, 9.17) is 9.72 Å². The summed E-state index contributed by atoms with van der Waals surface area (Å²) in [5, 5.41) is 13.7. The highest BCUT2D eigenvalue weighted by Crippen LogP contribution is 2.36. The van der Waals surface area contributed by atoms with Crippen LogP contribution in [0.4, 0.5) is 15.0 Å². The molecule has 0 aliphatic carbocycles. The van der Waals surface area contributed by atoms with Crippen molar-refractivity contribution in [2.75, 3.05) is 31.6 Å². The molecule has 174 valence electrons. The van der Waals surface area contributed by atoms with Crippen molar-refractivity contribution in [1.29, 1.82) is 5.26 Å². The molecule has 0 spiro atoms. The van der Waals surface area contributed by atoms with Crippen LogP contribution in [0.25, 0.3) is 33.3 Å². The van der Waals surface area contributed by atoms with Crippen LogP contribution in [-0.4, -0.2) is 52.2 Å². The zero-order valence-corrected chi connectivity index (χ0v) is 19.0. The van der Waals surface area contributed by atoms with Crippen LogP contribution in [0.15, 0.2) is 54.9 Å². The summed E-state index contributed by atoms with van der Waals surface area (Å²) in [6.45, 7) is 3.77. The molecule has 2 aromatic heterocycles. The zero-order valence-electron chi connectivity index (χ0n) is 19.0. The van der Waals surface area contributed by atoms with Gasteiger partial charge in [0.15, 0.2) is 0 Å². The van der Waals surface area contributed by atoms with Crippen LogP contribution in [0, 0.1) is 24.1 Å². The Hall–Kier alpha value is -4.42. The predicted molar refractivity (Wildman–Crippen MR) is 129 cm³/mol. The lowest BCUT2D eigenvalue weighted by Crippen LogP contribution is -2.43. The fourth-order valence-electron chi connectivity index (χ4n) is 4.10. The third-order valence-corrected chi connectivity index (χ3v) is 5.91. The van der Waals surface area contributed by atoms with Gasteiger partial charge in [0.2, 0.25) is 0 Å². The van der Waals surface area contributed by atoms with Crippen molar-refractivity contribution in [3.8, 4) is 28.5 Å². The number of rotatable bonds is 3. The van der Waals surface area contributed by atoms with Crippen molar-refractivity contribution in [1.82, 2.24) is 19.9 Å². The third kappa shape index (κ3) is 4.52. The number of nitrogens with zero attached hydrogens (tertiary/aromatic N) is 5. The van der Waals surface area contributed by atoms with Gasteiger partial charge in [-0.1, -0.05) is 6.07 Å². The molecule has 0 bridgehead atoms. The number of halogens is 1. The number of aromatic nitrogens is 3. The van der Waals surface area contributed by atoms with E-state index in [2.05, 4.69) is 21.4 Å². The summed E-state index contributed by atoms with van der Waals surface area (Å²) in [6, 6.07) is 15.0. The first-order valence-corrected chi connectivity index (χ1v) is 11.1. The van der Waals surface area contributed by atoms with E-state index < -0.39 is 0 Å². The van der Waals surface area contributed by atoms with E-state index in [0.717, 1.165) is 22.2 Å². The smallest absolute Gasteiger partial charge is 0.323 e. The maximum Gasteiger partial charge on any atom is 0.323 e. The summed E-state index contributed by atoms with van der Waals surface area (Å²) < 4.78 is 19.0. The topological polar surface area (TPSA) is 104 Å². The Morgan fingerprint density at radius 1 is 1.09 bits per heavy atom. The molecule has 4 aromatic rings. The van der Waals surface area contributed by atoms with Crippen molar-refractivity contribution in [2.45, 2.75) is 6.92 Å². The highest BCUT2D eigenvalue weighted by atomic mass is 19.1. The summed E-state index contributed by atoms with van der Waals surface area (Å²) in [6.07, 6.45) is 1.51. The van der Waals surface area contributed by atoms with E-state index in [-0.39, 0.29) is 17.7 Å². The fraction of sp³-hybridized carbons (Fsp3) is 0.192. The zero-order chi connectivity index (χ0) is 24.4. The first-order valence-electron chi connectivity index (χ1n) is 11.1. The number of pyridine rings is 1. The SMILES string of the molecule is Cc1ncnc2ccc(-c3c(C#N)cc(NC(=O)N4CCOCC4)nc3-c3ccc(F)cc3)cc12. The Labute approximate surface area is 201 Å². The van der Waals surface area contributed by atoms with E-state index in [9.17, 15) is 14.4 Å². The van der Waals surface area contributed by atoms with Crippen LogP contribution in [0.1, 0.15) is 11.3 Å². The number of aryl methyl sites for hydroxylation is 1. The van der Waals surface area contributed by atoms with Gasteiger partial charge in [0, 0.05) is 35.3 Å². The average molecular weight is 468 g/mol. The molecule has 5 rings (SSSR count). The Morgan fingerprint density at radius 3 is 2.57 bits per heavy atom. The normalized spacial score (nSPS) is 13.5. The lowest BCUT2D eigenvalue weighted by molar-refractivity contribution is 0.0564. The summed E-state index contributed by atoms with van der Waals surface area (Å²) in [4.78, 5) is 27.7. The molecule has 1 aliphatic heterocycles. The number of fused-ring (bicyclic) bond motifs is 1. The molecule has 1 fully saturated rings. The van der Waals surface area contributed by atoms with Gasteiger partial charge in [0.25, 0.3) is 0 Å². The second-order valence-electron chi connectivity index (χ2n) is 8.12. The van der Waals surface area contributed by atoms with Crippen LogP contribution in [0.2, 0.25) is 0 Å². The van der Waals surface area contributed by atoms with Gasteiger partial charge in [-0.15, -0.1) is 0 Å². The molecule has 3 heterocycles. The van der Waals surface area contributed by atoms with Gasteiger partial charge in [-0.2, -0.15) is 5.26 Å². The highest BCUT2D eigenvalue weighted by Gasteiger charge is 2.21. The number of anilines is 1.